The van der Waals surface area contributed by atoms with Gasteiger partial charge in [-0.1, -0.05) is 32.1 Å². The largest absolute Gasteiger partial charge is 0.379 e. The average Bonchev–Trinajstić information content (AvgIpc) is 3.26. The highest BCUT2D eigenvalue weighted by molar-refractivity contribution is 14.0. The lowest BCUT2D eigenvalue weighted by Gasteiger charge is -2.32. The number of hydrogen-bond acceptors (Lipinski definition) is 3. The summed E-state index contributed by atoms with van der Waals surface area (Å²) in [6.45, 7) is 9.30. The van der Waals surface area contributed by atoms with Gasteiger partial charge in [-0.3, -0.25) is 9.89 Å². The van der Waals surface area contributed by atoms with E-state index in [9.17, 15) is 0 Å². The molecule has 0 amide bonds. The second-order valence-corrected chi connectivity index (χ2v) is 8.38. The molecule has 4 fully saturated rings. The summed E-state index contributed by atoms with van der Waals surface area (Å²) in [7, 11) is 0. The maximum Gasteiger partial charge on any atom is 0.194 e. The Hall–Kier alpha value is -0.0800. The molecule has 2 saturated carbocycles. The standard InChI is InChI=1S/C20H36N4O.HI/c1-2-21-20(22-19-14-18(19)16-6-4-3-5-7-16)24-9-8-17(15-24)23-10-12-25-13-11-23;/h16-19H,2-15H2,1H3,(H,21,22);1H. The van der Waals surface area contributed by atoms with Gasteiger partial charge in [-0.05, 0) is 31.6 Å². The van der Waals surface area contributed by atoms with E-state index >= 15 is 0 Å². The smallest absolute Gasteiger partial charge is 0.194 e. The van der Waals surface area contributed by atoms with Crippen molar-refractivity contribution in [3.63, 3.8) is 0 Å². The first-order chi connectivity index (χ1) is 12.3. The fourth-order valence-electron chi connectivity index (χ4n) is 5.19. The van der Waals surface area contributed by atoms with Gasteiger partial charge in [-0.2, -0.15) is 0 Å². The molecular weight excluding hydrogens is 439 g/mol. The molecule has 2 aliphatic heterocycles. The molecule has 0 aromatic carbocycles. The van der Waals surface area contributed by atoms with Crippen LogP contribution < -0.4 is 5.32 Å². The minimum Gasteiger partial charge on any atom is -0.379 e. The lowest BCUT2D eigenvalue weighted by molar-refractivity contribution is 0.0195. The predicted octanol–water partition coefficient (Wildman–Crippen LogP) is 2.95. The van der Waals surface area contributed by atoms with E-state index in [1.54, 1.807) is 0 Å². The lowest BCUT2D eigenvalue weighted by Crippen LogP contribution is -2.47. The second-order valence-electron chi connectivity index (χ2n) is 8.38. The molecule has 6 heteroatoms. The Labute approximate surface area is 176 Å². The van der Waals surface area contributed by atoms with Crippen molar-refractivity contribution in [2.75, 3.05) is 45.9 Å². The molecule has 150 valence electrons. The van der Waals surface area contributed by atoms with E-state index in [2.05, 4.69) is 22.0 Å². The Morgan fingerprint density at radius 1 is 1.08 bits per heavy atom. The first-order valence-electron chi connectivity index (χ1n) is 10.7. The molecule has 3 unspecified atom stereocenters. The normalized spacial score (nSPS) is 33.8. The summed E-state index contributed by atoms with van der Waals surface area (Å²) in [6.07, 6.45) is 9.93. The van der Waals surface area contributed by atoms with Crippen molar-refractivity contribution in [2.24, 2.45) is 16.8 Å². The van der Waals surface area contributed by atoms with Crippen molar-refractivity contribution in [1.82, 2.24) is 15.1 Å². The van der Waals surface area contributed by atoms with Gasteiger partial charge in [0, 0.05) is 44.8 Å². The van der Waals surface area contributed by atoms with Gasteiger partial charge in [0.15, 0.2) is 5.96 Å². The molecule has 0 aromatic heterocycles. The molecule has 2 saturated heterocycles. The van der Waals surface area contributed by atoms with E-state index in [0.29, 0.717) is 12.1 Å². The zero-order valence-corrected chi connectivity index (χ0v) is 18.7. The summed E-state index contributed by atoms with van der Waals surface area (Å²) in [4.78, 5) is 9.97. The van der Waals surface area contributed by atoms with Crippen LogP contribution in [0.15, 0.2) is 4.99 Å². The fraction of sp³-hybridized carbons (Fsp3) is 0.950. The lowest BCUT2D eigenvalue weighted by atomic mass is 9.85. The van der Waals surface area contributed by atoms with Gasteiger partial charge in [0.1, 0.15) is 0 Å². The first-order valence-corrected chi connectivity index (χ1v) is 10.7. The molecule has 0 bridgehead atoms. The number of halogens is 1. The van der Waals surface area contributed by atoms with Crippen molar-refractivity contribution in [1.29, 1.82) is 0 Å². The topological polar surface area (TPSA) is 40.1 Å². The summed E-state index contributed by atoms with van der Waals surface area (Å²) in [5.74, 6) is 3.08. The van der Waals surface area contributed by atoms with Crippen molar-refractivity contribution in [3.8, 4) is 0 Å². The predicted molar refractivity (Wildman–Crippen MR) is 117 cm³/mol. The Bertz CT molecular complexity index is 463. The summed E-state index contributed by atoms with van der Waals surface area (Å²) in [6, 6.07) is 1.37. The van der Waals surface area contributed by atoms with Crippen molar-refractivity contribution < 1.29 is 4.74 Å². The highest BCUT2D eigenvalue weighted by Gasteiger charge is 2.44. The third-order valence-electron chi connectivity index (χ3n) is 6.74. The van der Waals surface area contributed by atoms with Gasteiger partial charge in [-0.15, -0.1) is 24.0 Å². The van der Waals surface area contributed by atoms with Gasteiger partial charge in [0.25, 0.3) is 0 Å². The molecule has 2 heterocycles. The third-order valence-corrected chi connectivity index (χ3v) is 6.74. The molecule has 0 radical (unpaired) electrons. The average molecular weight is 476 g/mol. The molecule has 5 nitrogen and oxygen atoms in total. The van der Waals surface area contributed by atoms with Crippen LogP contribution in [0.2, 0.25) is 0 Å². The number of nitrogens with one attached hydrogen (secondary N) is 1. The van der Waals surface area contributed by atoms with Crippen LogP contribution in [-0.2, 0) is 4.74 Å². The number of aliphatic imine (C=N–C) groups is 1. The summed E-state index contributed by atoms with van der Waals surface area (Å²) in [5, 5.41) is 3.84. The molecule has 26 heavy (non-hydrogen) atoms. The second kappa shape index (κ2) is 9.92. The van der Waals surface area contributed by atoms with Crippen LogP contribution in [-0.4, -0.2) is 73.8 Å². The SMILES string of the molecule is CCN=C(NC1CC1C1CCCCC1)N1CCC(N2CCOCC2)C1.I. The molecule has 4 aliphatic rings. The zero-order chi connectivity index (χ0) is 17.1. The fourth-order valence-corrected chi connectivity index (χ4v) is 5.19. The Morgan fingerprint density at radius 2 is 1.85 bits per heavy atom. The van der Waals surface area contributed by atoms with E-state index in [1.165, 1.54) is 50.9 Å². The van der Waals surface area contributed by atoms with Gasteiger partial charge < -0.3 is 15.0 Å². The van der Waals surface area contributed by atoms with E-state index in [1.807, 2.05) is 0 Å². The van der Waals surface area contributed by atoms with Gasteiger partial charge >= 0.3 is 0 Å². The Balaban J connectivity index is 0.00000196. The summed E-state index contributed by atoms with van der Waals surface area (Å²) in [5.41, 5.74) is 0. The molecule has 0 spiro atoms. The monoisotopic (exact) mass is 476 g/mol. The van der Waals surface area contributed by atoms with E-state index in [0.717, 1.165) is 57.8 Å². The number of likely N-dealkylation sites (tertiary alicyclic amines) is 1. The maximum absolute atomic E-state index is 5.51. The van der Waals surface area contributed by atoms with E-state index in [4.69, 9.17) is 9.73 Å². The highest BCUT2D eigenvalue weighted by Crippen LogP contribution is 2.44. The minimum atomic E-state index is 0. The van der Waals surface area contributed by atoms with Crippen LogP contribution in [0.3, 0.4) is 0 Å². The first kappa shape index (κ1) is 20.6. The zero-order valence-electron chi connectivity index (χ0n) is 16.4. The number of ether oxygens (including phenoxy) is 1. The molecule has 3 atom stereocenters. The number of rotatable bonds is 4. The van der Waals surface area contributed by atoms with Crippen molar-refractivity contribution in [2.45, 2.75) is 64.0 Å². The van der Waals surface area contributed by atoms with Gasteiger partial charge in [0.05, 0.1) is 13.2 Å². The van der Waals surface area contributed by atoms with E-state index < -0.39 is 0 Å². The highest BCUT2D eigenvalue weighted by atomic mass is 127. The van der Waals surface area contributed by atoms with Gasteiger partial charge in [-0.25, -0.2) is 0 Å². The number of morpholine rings is 1. The third kappa shape index (κ3) is 5.04. The minimum absolute atomic E-state index is 0. The van der Waals surface area contributed by atoms with Crippen LogP contribution in [0.4, 0.5) is 0 Å². The molecule has 2 aliphatic carbocycles. The number of guanidine groups is 1. The van der Waals surface area contributed by atoms with Crippen LogP contribution in [0.1, 0.15) is 51.9 Å². The van der Waals surface area contributed by atoms with Crippen LogP contribution in [0.25, 0.3) is 0 Å². The summed E-state index contributed by atoms with van der Waals surface area (Å²) < 4.78 is 5.51. The summed E-state index contributed by atoms with van der Waals surface area (Å²) >= 11 is 0. The molecule has 0 aromatic rings. The van der Waals surface area contributed by atoms with Gasteiger partial charge in [0.2, 0.25) is 0 Å². The molecule has 4 rings (SSSR count). The van der Waals surface area contributed by atoms with Crippen molar-refractivity contribution in [3.05, 3.63) is 0 Å². The number of nitrogens with zero attached hydrogens (tertiary/aromatic N) is 3. The Morgan fingerprint density at radius 3 is 2.58 bits per heavy atom. The molecular formula is C20H37IN4O. The van der Waals surface area contributed by atoms with Crippen LogP contribution in [0.5, 0.6) is 0 Å². The van der Waals surface area contributed by atoms with Crippen LogP contribution in [0, 0.1) is 11.8 Å². The van der Waals surface area contributed by atoms with Crippen LogP contribution >= 0.6 is 24.0 Å². The number of hydrogen-bond donors (Lipinski definition) is 1. The molecule has 1 N–H and O–H groups in total. The van der Waals surface area contributed by atoms with Crippen molar-refractivity contribution >= 4 is 29.9 Å². The van der Waals surface area contributed by atoms with E-state index in [-0.39, 0.29) is 24.0 Å². The quantitative estimate of drug-likeness (QED) is 0.385. The maximum atomic E-state index is 5.51. The Kier molecular flexibility index (Phi) is 7.88.